The predicted molar refractivity (Wildman–Crippen MR) is 101 cm³/mol. The molecule has 1 unspecified atom stereocenters. The molecule has 0 radical (unpaired) electrons. The van der Waals surface area contributed by atoms with E-state index in [0.717, 1.165) is 26.2 Å². The van der Waals surface area contributed by atoms with E-state index >= 15 is 0 Å². The summed E-state index contributed by atoms with van der Waals surface area (Å²) in [5.41, 5.74) is 3.88. The van der Waals surface area contributed by atoms with Gasteiger partial charge in [-0.1, -0.05) is 12.1 Å². The van der Waals surface area contributed by atoms with Crippen molar-refractivity contribution in [3.05, 3.63) is 29.3 Å². The number of piperazine rings is 1. The normalized spacial score (nSPS) is 16.6. The van der Waals surface area contributed by atoms with E-state index in [1.165, 1.54) is 16.8 Å². The number of urea groups is 1. The number of aryl methyl sites for hydroxylation is 1. The van der Waals surface area contributed by atoms with Gasteiger partial charge in [-0.15, -0.1) is 0 Å². The van der Waals surface area contributed by atoms with Crippen LogP contribution >= 0.6 is 0 Å². The molecule has 1 saturated heterocycles. The Kier molecular flexibility index (Phi) is 6.42. The number of hydrogen-bond donors (Lipinski definition) is 2. The van der Waals surface area contributed by atoms with Crippen LogP contribution in [0, 0.1) is 13.8 Å². The number of carbonyl (C=O) groups excluding carboxylic acids is 2. The van der Waals surface area contributed by atoms with Crippen molar-refractivity contribution >= 4 is 17.6 Å². The second-order valence-electron chi connectivity index (χ2n) is 7.04. The van der Waals surface area contributed by atoms with Gasteiger partial charge in [-0.05, 0) is 51.8 Å². The van der Waals surface area contributed by atoms with Crippen LogP contribution in [-0.2, 0) is 4.79 Å². The topological polar surface area (TPSA) is 64.7 Å². The summed E-state index contributed by atoms with van der Waals surface area (Å²) in [6, 6.07) is 5.63. The third kappa shape index (κ3) is 4.95. The molecule has 1 fully saturated rings. The Morgan fingerprint density at radius 2 is 1.68 bits per heavy atom. The van der Waals surface area contributed by atoms with E-state index in [2.05, 4.69) is 52.5 Å². The molecule has 6 nitrogen and oxygen atoms in total. The molecule has 0 aromatic heterocycles. The smallest absolute Gasteiger partial charge is 0.321 e. The Hall–Kier alpha value is -2.08. The van der Waals surface area contributed by atoms with Crippen molar-refractivity contribution in [1.29, 1.82) is 0 Å². The van der Waals surface area contributed by atoms with Gasteiger partial charge in [0.05, 0.1) is 6.04 Å². The first-order valence-electron chi connectivity index (χ1n) is 8.96. The maximum atomic E-state index is 12.3. The van der Waals surface area contributed by atoms with Crippen LogP contribution in [0.15, 0.2) is 18.2 Å². The highest BCUT2D eigenvalue weighted by Crippen LogP contribution is 2.24. The summed E-state index contributed by atoms with van der Waals surface area (Å²) in [5.74, 6) is -0.252. The van der Waals surface area contributed by atoms with Gasteiger partial charge in [-0.25, -0.2) is 4.79 Å². The molecule has 0 saturated carbocycles. The molecule has 138 valence electrons. The van der Waals surface area contributed by atoms with Gasteiger partial charge < -0.3 is 10.2 Å². The van der Waals surface area contributed by atoms with Gasteiger partial charge >= 0.3 is 6.03 Å². The molecule has 1 atom stereocenters. The molecule has 0 aliphatic carbocycles. The van der Waals surface area contributed by atoms with Crippen molar-refractivity contribution in [3.8, 4) is 0 Å². The van der Waals surface area contributed by atoms with Crippen LogP contribution < -0.4 is 15.5 Å². The Balaban J connectivity index is 1.89. The van der Waals surface area contributed by atoms with E-state index in [1.54, 1.807) is 0 Å². The van der Waals surface area contributed by atoms with Crippen LogP contribution in [0.3, 0.4) is 0 Å². The first-order chi connectivity index (χ1) is 11.8. The summed E-state index contributed by atoms with van der Waals surface area (Å²) in [7, 11) is 0. The highest BCUT2D eigenvalue weighted by molar-refractivity contribution is 5.96. The first-order valence-corrected chi connectivity index (χ1v) is 8.96. The maximum absolute atomic E-state index is 12.3. The molecule has 0 bridgehead atoms. The minimum Gasteiger partial charge on any atom is -0.369 e. The van der Waals surface area contributed by atoms with Gasteiger partial charge in [0.2, 0.25) is 5.91 Å². The molecule has 6 heteroatoms. The van der Waals surface area contributed by atoms with Crippen molar-refractivity contribution < 1.29 is 9.59 Å². The van der Waals surface area contributed by atoms with Gasteiger partial charge in [0.1, 0.15) is 0 Å². The highest BCUT2D eigenvalue weighted by Gasteiger charge is 2.27. The Labute approximate surface area is 150 Å². The van der Waals surface area contributed by atoms with Crippen molar-refractivity contribution in [2.24, 2.45) is 0 Å². The minimum atomic E-state index is -0.430. The SMILES string of the molecule is Cc1cccc(N2CCN(C(C)C(=O)NC(=O)NC(C)C)CC2)c1C. The van der Waals surface area contributed by atoms with Crippen LogP contribution in [0.1, 0.15) is 31.9 Å². The largest absolute Gasteiger partial charge is 0.369 e. The summed E-state index contributed by atoms with van der Waals surface area (Å²) >= 11 is 0. The molecule has 0 spiro atoms. The molecule has 2 N–H and O–H groups in total. The summed E-state index contributed by atoms with van der Waals surface area (Å²) in [5, 5.41) is 5.10. The van der Waals surface area contributed by atoms with E-state index in [-0.39, 0.29) is 18.0 Å². The fourth-order valence-corrected chi connectivity index (χ4v) is 3.11. The Bertz CT molecular complexity index is 622. The molecular weight excluding hydrogens is 316 g/mol. The maximum Gasteiger partial charge on any atom is 0.321 e. The number of nitrogens with one attached hydrogen (secondary N) is 2. The van der Waals surface area contributed by atoms with Crippen molar-refractivity contribution in [1.82, 2.24) is 15.5 Å². The molecular formula is C19H30N4O2. The van der Waals surface area contributed by atoms with Gasteiger partial charge in [-0.3, -0.25) is 15.0 Å². The highest BCUT2D eigenvalue weighted by atomic mass is 16.2. The van der Waals surface area contributed by atoms with Crippen LogP contribution in [0.4, 0.5) is 10.5 Å². The molecule has 1 aromatic rings. The third-order valence-electron chi connectivity index (χ3n) is 4.81. The van der Waals surface area contributed by atoms with Gasteiger partial charge in [0, 0.05) is 37.9 Å². The van der Waals surface area contributed by atoms with E-state index in [1.807, 2.05) is 20.8 Å². The van der Waals surface area contributed by atoms with Crippen molar-refractivity contribution in [2.75, 3.05) is 31.1 Å². The Morgan fingerprint density at radius 3 is 2.28 bits per heavy atom. The number of nitrogens with zero attached hydrogens (tertiary/aromatic N) is 2. The summed E-state index contributed by atoms with van der Waals surface area (Å²) in [4.78, 5) is 28.4. The molecule has 3 amide bonds. The third-order valence-corrected chi connectivity index (χ3v) is 4.81. The fraction of sp³-hybridized carbons (Fsp3) is 0.579. The molecule has 1 aliphatic heterocycles. The number of imide groups is 1. The number of anilines is 1. The predicted octanol–water partition coefficient (Wildman–Crippen LogP) is 2.05. The standard InChI is InChI=1S/C19H30N4O2/c1-13(2)20-19(25)21-18(24)16(5)22-9-11-23(12-10-22)17-8-6-7-14(3)15(17)4/h6-8,13,16H,9-12H2,1-5H3,(H2,20,21,24,25). The summed E-state index contributed by atoms with van der Waals surface area (Å²) < 4.78 is 0. The minimum absolute atomic E-state index is 0.00391. The average molecular weight is 346 g/mol. The molecule has 2 rings (SSSR count). The van der Waals surface area contributed by atoms with E-state index in [4.69, 9.17) is 0 Å². The lowest BCUT2D eigenvalue weighted by atomic mass is 10.1. The van der Waals surface area contributed by atoms with E-state index < -0.39 is 6.03 Å². The van der Waals surface area contributed by atoms with Crippen molar-refractivity contribution in [2.45, 2.75) is 46.7 Å². The van der Waals surface area contributed by atoms with Gasteiger partial charge in [-0.2, -0.15) is 0 Å². The quantitative estimate of drug-likeness (QED) is 0.876. The van der Waals surface area contributed by atoms with Crippen LogP contribution in [0.5, 0.6) is 0 Å². The fourth-order valence-electron chi connectivity index (χ4n) is 3.11. The number of carbonyl (C=O) groups is 2. The second kappa shape index (κ2) is 8.34. The lowest BCUT2D eigenvalue weighted by Gasteiger charge is -2.39. The molecule has 25 heavy (non-hydrogen) atoms. The first kappa shape index (κ1) is 19.2. The zero-order chi connectivity index (χ0) is 18.6. The van der Waals surface area contributed by atoms with Crippen LogP contribution in [-0.4, -0.2) is 55.1 Å². The molecule has 1 aliphatic rings. The van der Waals surface area contributed by atoms with Crippen LogP contribution in [0.25, 0.3) is 0 Å². The monoisotopic (exact) mass is 346 g/mol. The number of rotatable bonds is 4. The van der Waals surface area contributed by atoms with Gasteiger partial charge in [0.25, 0.3) is 0 Å². The van der Waals surface area contributed by atoms with E-state index in [9.17, 15) is 9.59 Å². The molecule has 1 heterocycles. The van der Waals surface area contributed by atoms with Gasteiger partial charge in [0.15, 0.2) is 0 Å². The van der Waals surface area contributed by atoms with Crippen molar-refractivity contribution in [3.63, 3.8) is 0 Å². The lowest BCUT2D eigenvalue weighted by molar-refractivity contribution is -0.124. The molecule has 1 aromatic carbocycles. The Morgan fingerprint density at radius 1 is 1.04 bits per heavy atom. The zero-order valence-electron chi connectivity index (χ0n) is 15.9. The van der Waals surface area contributed by atoms with E-state index in [0.29, 0.717) is 0 Å². The summed E-state index contributed by atoms with van der Waals surface area (Å²) in [6.45, 7) is 13.2. The number of hydrogen-bond acceptors (Lipinski definition) is 4. The zero-order valence-corrected chi connectivity index (χ0v) is 15.9. The second-order valence-corrected chi connectivity index (χ2v) is 7.04. The average Bonchev–Trinajstić information content (AvgIpc) is 2.56. The summed E-state index contributed by atoms with van der Waals surface area (Å²) in [6.07, 6.45) is 0. The number of amides is 3. The lowest BCUT2D eigenvalue weighted by Crippen LogP contribution is -2.56. The van der Waals surface area contributed by atoms with Crippen LogP contribution in [0.2, 0.25) is 0 Å². The number of benzene rings is 1.